The summed E-state index contributed by atoms with van der Waals surface area (Å²) < 4.78 is 21.7. The van der Waals surface area contributed by atoms with Crippen LogP contribution in [0.1, 0.15) is 10.7 Å². The van der Waals surface area contributed by atoms with Crippen LogP contribution in [0, 0.1) is 0 Å². The first-order valence-electron chi connectivity index (χ1n) is 7.92. The molecule has 0 aliphatic carbocycles. The van der Waals surface area contributed by atoms with Gasteiger partial charge in [0.1, 0.15) is 19.0 Å². The van der Waals surface area contributed by atoms with E-state index in [1.807, 2.05) is 12.1 Å². The molecule has 1 amide bonds. The van der Waals surface area contributed by atoms with Crippen molar-refractivity contribution in [3.05, 3.63) is 48.4 Å². The Hall–Kier alpha value is -3.55. The standard InChI is InChI=1S/C18H15N3O5/c1-23-13-5-3-2-4-12(13)17-20-21-18(26-17)16(22)19-11-6-7-14-15(10-11)25-9-8-24-14/h2-7,10H,8-9H2,1H3,(H,19,22). The number of benzene rings is 2. The molecule has 0 spiro atoms. The second kappa shape index (κ2) is 6.75. The van der Waals surface area contributed by atoms with Gasteiger partial charge in [0, 0.05) is 11.8 Å². The third kappa shape index (κ3) is 3.04. The Morgan fingerprint density at radius 1 is 1.08 bits per heavy atom. The number of fused-ring (bicyclic) bond motifs is 1. The van der Waals surface area contributed by atoms with E-state index in [2.05, 4.69) is 15.5 Å². The third-order valence-corrected chi connectivity index (χ3v) is 3.76. The lowest BCUT2D eigenvalue weighted by Gasteiger charge is -2.18. The summed E-state index contributed by atoms with van der Waals surface area (Å²) >= 11 is 0. The van der Waals surface area contributed by atoms with Gasteiger partial charge in [-0.3, -0.25) is 4.79 Å². The minimum Gasteiger partial charge on any atom is -0.496 e. The number of para-hydroxylation sites is 1. The molecule has 2 heterocycles. The van der Waals surface area contributed by atoms with Crippen LogP contribution in [0.5, 0.6) is 17.2 Å². The number of nitrogens with one attached hydrogen (secondary N) is 1. The number of ether oxygens (including phenoxy) is 3. The monoisotopic (exact) mass is 353 g/mol. The summed E-state index contributed by atoms with van der Waals surface area (Å²) in [5, 5.41) is 10.4. The SMILES string of the molecule is COc1ccccc1-c1nnc(C(=O)Nc2ccc3c(c2)OCCO3)o1. The van der Waals surface area contributed by atoms with Gasteiger partial charge in [-0.15, -0.1) is 10.2 Å². The molecule has 0 atom stereocenters. The maximum absolute atomic E-state index is 12.4. The first-order valence-corrected chi connectivity index (χ1v) is 7.92. The second-order valence-corrected chi connectivity index (χ2v) is 5.43. The second-order valence-electron chi connectivity index (χ2n) is 5.43. The van der Waals surface area contributed by atoms with E-state index < -0.39 is 5.91 Å². The van der Waals surface area contributed by atoms with Gasteiger partial charge in [-0.05, 0) is 24.3 Å². The molecule has 2 aromatic carbocycles. The molecule has 8 heteroatoms. The number of carbonyl (C=O) groups is 1. The number of anilines is 1. The quantitative estimate of drug-likeness (QED) is 0.770. The molecule has 0 radical (unpaired) electrons. The van der Waals surface area contributed by atoms with Crippen molar-refractivity contribution in [2.24, 2.45) is 0 Å². The van der Waals surface area contributed by atoms with Crippen molar-refractivity contribution in [3.63, 3.8) is 0 Å². The lowest BCUT2D eigenvalue weighted by molar-refractivity contribution is 0.0990. The number of amides is 1. The molecule has 8 nitrogen and oxygen atoms in total. The predicted molar refractivity (Wildman–Crippen MR) is 91.7 cm³/mol. The molecule has 0 fully saturated rings. The summed E-state index contributed by atoms with van der Waals surface area (Å²) in [4.78, 5) is 12.4. The average Bonchev–Trinajstić information content (AvgIpc) is 3.18. The zero-order valence-corrected chi connectivity index (χ0v) is 13.9. The number of rotatable bonds is 4. The Balaban J connectivity index is 1.53. The molecule has 0 saturated heterocycles. The smallest absolute Gasteiger partial charge is 0.313 e. The summed E-state index contributed by atoms with van der Waals surface area (Å²) in [7, 11) is 1.55. The Bertz CT molecular complexity index is 954. The van der Waals surface area contributed by atoms with E-state index >= 15 is 0 Å². The van der Waals surface area contributed by atoms with E-state index in [0.29, 0.717) is 41.7 Å². The van der Waals surface area contributed by atoms with Crippen LogP contribution >= 0.6 is 0 Å². The Kier molecular flexibility index (Phi) is 4.14. The van der Waals surface area contributed by atoms with Crippen molar-refractivity contribution < 1.29 is 23.4 Å². The Morgan fingerprint density at radius 2 is 1.88 bits per heavy atom. The number of carbonyl (C=O) groups excluding carboxylic acids is 1. The minimum absolute atomic E-state index is 0.152. The van der Waals surface area contributed by atoms with Crippen molar-refractivity contribution >= 4 is 11.6 Å². The molecular weight excluding hydrogens is 338 g/mol. The van der Waals surface area contributed by atoms with E-state index in [0.717, 1.165) is 0 Å². The van der Waals surface area contributed by atoms with Gasteiger partial charge in [0.2, 0.25) is 0 Å². The first kappa shape index (κ1) is 15.9. The fourth-order valence-electron chi connectivity index (χ4n) is 2.55. The molecule has 1 aromatic heterocycles. The molecule has 1 aliphatic rings. The molecule has 0 bridgehead atoms. The summed E-state index contributed by atoms with van der Waals surface area (Å²) in [6, 6.07) is 12.3. The number of hydrogen-bond donors (Lipinski definition) is 1. The fourth-order valence-corrected chi connectivity index (χ4v) is 2.55. The van der Waals surface area contributed by atoms with E-state index in [9.17, 15) is 4.79 Å². The zero-order chi connectivity index (χ0) is 17.9. The molecular formula is C18H15N3O5. The van der Waals surface area contributed by atoms with E-state index in [1.165, 1.54) is 0 Å². The van der Waals surface area contributed by atoms with Gasteiger partial charge in [0.15, 0.2) is 11.5 Å². The van der Waals surface area contributed by atoms with Gasteiger partial charge >= 0.3 is 11.8 Å². The van der Waals surface area contributed by atoms with E-state index in [4.69, 9.17) is 18.6 Å². The van der Waals surface area contributed by atoms with E-state index in [-0.39, 0.29) is 11.8 Å². The predicted octanol–water partition coefficient (Wildman–Crippen LogP) is 2.77. The lowest BCUT2D eigenvalue weighted by atomic mass is 10.2. The number of nitrogens with zero attached hydrogens (tertiary/aromatic N) is 2. The zero-order valence-electron chi connectivity index (χ0n) is 13.9. The van der Waals surface area contributed by atoms with Crippen LogP contribution in [0.25, 0.3) is 11.5 Å². The van der Waals surface area contributed by atoms with E-state index in [1.54, 1.807) is 37.4 Å². The van der Waals surface area contributed by atoms with Crippen LogP contribution < -0.4 is 19.5 Å². The Labute approximate surface area is 148 Å². The topological polar surface area (TPSA) is 95.7 Å². The van der Waals surface area contributed by atoms with Gasteiger partial charge in [-0.2, -0.15) is 0 Å². The number of hydrogen-bond acceptors (Lipinski definition) is 7. The number of methoxy groups -OCH3 is 1. The van der Waals surface area contributed by atoms with Crippen LogP contribution in [-0.2, 0) is 0 Å². The molecule has 132 valence electrons. The minimum atomic E-state index is -0.518. The largest absolute Gasteiger partial charge is 0.496 e. The molecule has 0 saturated carbocycles. The molecule has 3 aromatic rings. The summed E-state index contributed by atoms with van der Waals surface area (Å²) in [6.07, 6.45) is 0. The highest BCUT2D eigenvalue weighted by Crippen LogP contribution is 2.33. The lowest BCUT2D eigenvalue weighted by Crippen LogP contribution is -2.16. The maximum Gasteiger partial charge on any atom is 0.313 e. The van der Waals surface area contributed by atoms with Crippen molar-refractivity contribution in [1.82, 2.24) is 10.2 Å². The highest BCUT2D eigenvalue weighted by molar-refractivity contribution is 6.01. The van der Waals surface area contributed by atoms with Crippen LogP contribution in [-0.4, -0.2) is 36.4 Å². The summed E-state index contributed by atoms with van der Waals surface area (Å²) in [6.45, 7) is 0.975. The third-order valence-electron chi connectivity index (χ3n) is 3.76. The molecule has 0 unspecified atom stereocenters. The molecule has 26 heavy (non-hydrogen) atoms. The first-order chi connectivity index (χ1) is 12.7. The van der Waals surface area contributed by atoms with Crippen LogP contribution in [0.3, 0.4) is 0 Å². The van der Waals surface area contributed by atoms with Crippen LogP contribution in [0.4, 0.5) is 5.69 Å². The molecule has 4 rings (SSSR count). The normalized spacial score (nSPS) is 12.5. The average molecular weight is 353 g/mol. The van der Waals surface area contributed by atoms with Gasteiger partial charge in [-0.25, -0.2) is 0 Å². The highest BCUT2D eigenvalue weighted by atomic mass is 16.6. The van der Waals surface area contributed by atoms with Gasteiger partial charge in [0.05, 0.1) is 12.7 Å². The van der Waals surface area contributed by atoms with Gasteiger partial charge < -0.3 is 23.9 Å². The van der Waals surface area contributed by atoms with Crippen molar-refractivity contribution in [2.45, 2.75) is 0 Å². The van der Waals surface area contributed by atoms with Crippen molar-refractivity contribution in [1.29, 1.82) is 0 Å². The molecule has 1 aliphatic heterocycles. The summed E-state index contributed by atoms with van der Waals surface area (Å²) in [5.41, 5.74) is 1.15. The van der Waals surface area contributed by atoms with Crippen molar-refractivity contribution in [2.75, 3.05) is 25.6 Å². The van der Waals surface area contributed by atoms with Gasteiger partial charge in [0.25, 0.3) is 5.89 Å². The van der Waals surface area contributed by atoms with Crippen LogP contribution in [0.2, 0.25) is 0 Å². The van der Waals surface area contributed by atoms with Gasteiger partial charge in [-0.1, -0.05) is 12.1 Å². The molecule has 1 N–H and O–H groups in total. The Morgan fingerprint density at radius 3 is 2.73 bits per heavy atom. The highest BCUT2D eigenvalue weighted by Gasteiger charge is 2.19. The van der Waals surface area contributed by atoms with Crippen LogP contribution in [0.15, 0.2) is 46.9 Å². The van der Waals surface area contributed by atoms with Crippen molar-refractivity contribution in [3.8, 4) is 28.7 Å². The fraction of sp³-hybridized carbons (Fsp3) is 0.167. The number of aromatic nitrogens is 2. The maximum atomic E-state index is 12.4. The summed E-state index contributed by atoms with van der Waals surface area (Å²) in [5.74, 6) is 1.33.